The fraction of sp³-hybridized carbons (Fsp3) is 0.600. The first kappa shape index (κ1) is 12.3. The summed E-state index contributed by atoms with van der Waals surface area (Å²) >= 11 is 5.83. The van der Waals surface area contributed by atoms with Crippen LogP contribution in [0.4, 0.5) is 5.69 Å². The van der Waals surface area contributed by atoms with E-state index in [-0.39, 0.29) is 10.6 Å². The molecule has 1 aromatic rings. The van der Waals surface area contributed by atoms with Crippen LogP contribution in [-0.2, 0) is 4.74 Å². The highest BCUT2D eigenvalue weighted by Gasteiger charge is 2.10. The molecule has 1 aliphatic heterocycles. The molecular formula is C10H15ClN4O2. The molecule has 1 fully saturated rings. The molecule has 1 aromatic heterocycles. The molecule has 2 heterocycles. The summed E-state index contributed by atoms with van der Waals surface area (Å²) in [6, 6.07) is 0. The molecule has 17 heavy (non-hydrogen) atoms. The van der Waals surface area contributed by atoms with Crippen molar-refractivity contribution in [1.82, 2.24) is 15.1 Å². The zero-order chi connectivity index (χ0) is 12.1. The number of morpholine rings is 1. The Morgan fingerprint density at radius 3 is 3.06 bits per heavy atom. The van der Waals surface area contributed by atoms with E-state index < -0.39 is 0 Å². The molecule has 0 aliphatic carbocycles. The number of hydrogen-bond donors (Lipinski definition) is 2. The molecule has 6 nitrogen and oxygen atoms in total. The third-order valence-corrected chi connectivity index (χ3v) is 3.02. The van der Waals surface area contributed by atoms with Crippen molar-refractivity contribution < 1.29 is 4.74 Å². The standard InChI is InChI=1S/C10H15ClN4O2/c11-9-8(7-13-14-10(9)16)12-1-2-15-3-5-17-6-4-15/h7H,1-6H2,(H2,12,14,16). The molecule has 0 bridgehead atoms. The predicted octanol–water partition coefficient (Wildman–Crippen LogP) is 0.167. The largest absolute Gasteiger partial charge is 0.381 e. The van der Waals surface area contributed by atoms with Crippen LogP contribution in [0.2, 0.25) is 5.02 Å². The van der Waals surface area contributed by atoms with Crippen LogP contribution < -0.4 is 10.9 Å². The van der Waals surface area contributed by atoms with Crippen molar-refractivity contribution in [3.63, 3.8) is 0 Å². The Labute approximate surface area is 104 Å². The Balaban J connectivity index is 1.81. The van der Waals surface area contributed by atoms with Gasteiger partial charge < -0.3 is 10.1 Å². The minimum absolute atomic E-state index is 0.155. The fourth-order valence-corrected chi connectivity index (χ4v) is 1.84. The lowest BCUT2D eigenvalue weighted by molar-refractivity contribution is 0.0398. The van der Waals surface area contributed by atoms with Crippen LogP contribution >= 0.6 is 11.6 Å². The van der Waals surface area contributed by atoms with E-state index in [1.165, 1.54) is 6.20 Å². The van der Waals surface area contributed by atoms with Gasteiger partial charge >= 0.3 is 0 Å². The Bertz CT molecular complexity index is 417. The summed E-state index contributed by atoms with van der Waals surface area (Å²) in [5, 5.41) is 9.23. The van der Waals surface area contributed by atoms with Gasteiger partial charge in [-0.25, -0.2) is 5.10 Å². The number of aromatic amines is 1. The van der Waals surface area contributed by atoms with Crippen molar-refractivity contribution in [3.05, 3.63) is 21.6 Å². The minimum Gasteiger partial charge on any atom is -0.381 e. The van der Waals surface area contributed by atoms with Crippen molar-refractivity contribution in [1.29, 1.82) is 0 Å². The normalized spacial score (nSPS) is 17.0. The Morgan fingerprint density at radius 2 is 2.29 bits per heavy atom. The smallest absolute Gasteiger partial charge is 0.285 e. The molecule has 0 amide bonds. The molecule has 0 unspecified atom stereocenters. The van der Waals surface area contributed by atoms with Crippen LogP contribution in [0.1, 0.15) is 0 Å². The predicted molar refractivity (Wildman–Crippen MR) is 65.6 cm³/mol. The monoisotopic (exact) mass is 258 g/mol. The number of nitrogens with zero attached hydrogens (tertiary/aromatic N) is 2. The van der Waals surface area contributed by atoms with Gasteiger partial charge in [0, 0.05) is 26.2 Å². The summed E-state index contributed by atoms with van der Waals surface area (Å²) in [7, 11) is 0. The molecule has 7 heteroatoms. The van der Waals surface area contributed by atoms with Crippen LogP contribution in [0.3, 0.4) is 0 Å². The zero-order valence-electron chi connectivity index (χ0n) is 9.41. The van der Waals surface area contributed by atoms with Gasteiger partial charge in [0.1, 0.15) is 5.02 Å². The molecular weight excluding hydrogens is 244 g/mol. The molecule has 94 valence electrons. The number of nitrogens with one attached hydrogen (secondary N) is 2. The number of rotatable bonds is 4. The maximum atomic E-state index is 11.2. The molecule has 0 aromatic carbocycles. The van der Waals surface area contributed by atoms with Gasteiger partial charge in [-0.2, -0.15) is 5.10 Å². The van der Waals surface area contributed by atoms with Crippen LogP contribution in [-0.4, -0.2) is 54.5 Å². The van der Waals surface area contributed by atoms with Crippen LogP contribution in [0.25, 0.3) is 0 Å². The molecule has 1 saturated heterocycles. The third kappa shape index (κ3) is 3.42. The van der Waals surface area contributed by atoms with E-state index in [9.17, 15) is 4.79 Å². The van der Waals surface area contributed by atoms with Gasteiger partial charge in [-0.3, -0.25) is 9.69 Å². The second-order valence-corrected chi connectivity index (χ2v) is 4.19. The molecule has 0 saturated carbocycles. The van der Waals surface area contributed by atoms with Crippen LogP contribution in [0, 0.1) is 0 Å². The lowest BCUT2D eigenvalue weighted by atomic mass is 10.4. The van der Waals surface area contributed by atoms with Crippen molar-refractivity contribution >= 4 is 17.3 Å². The third-order valence-electron chi connectivity index (χ3n) is 2.64. The number of ether oxygens (including phenoxy) is 1. The molecule has 0 atom stereocenters. The second kappa shape index (κ2) is 6.00. The molecule has 2 N–H and O–H groups in total. The van der Waals surface area contributed by atoms with Crippen LogP contribution in [0.5, 0.6) is 0 Å². The average Bonchev–Trinajstić information content (AvgIpc) is 2.36. The van der Waals surface area contributed by atoms with E-state index in [4.69, 9.17) is 16.3 Å². The lowest BCUT2D eigenvalue weighted by Crippen LogP contribution is -2.39. The number of H-pyrrole nitrogens is 1. The van der Waals surface area contributed by atoms with Gasteiger partial charge in [-0.15, -0.1) is 0 Å². The molecule has 0 radical (unpaired) electrons. The van der Waals surface area contributed by atoms with Gasteiger partial charge in [-0.1, -0.05) is 11.6 Å². The molecule has 2 rings (SSSR count). The minimum atomic E-state index is -0.372. The Hall–Kier alpha value is -1.11. The molecule has 1 aliphatic rings. The summed E-state index contributed by atoms with van der Waals surface area (Å²) in [6.07, 6.45) is 1.52. The van der Waals surface area contributed by atoms with Crippen molar-refractivity contribution in [2.24, 2.45) is 0 Å². The summed E-state index contributed by atoms with van der Waals surface area (Å²) in [6.45, 7) is 5.09. The Morgan fingerprint density at radius 1 is 1.53 bits per heavy atom. The number of hydrogen-bond acceptors (Lipinski definition) is 5. The summed E-state index contributed by atoms with van der Waals surface area (Å²) < 4.78 is 5.26. The van der Waals surface area contributed by atoms with Gasteiger partial charge in [0.15, 0.2) is 0 Å². The first-order chi connectivity index (χ1) is 8.27. The number of anilines is 1. The Kier molecular flexibility index (Phi) is 4.36. The van der Waals surface area contributed by atoms with E-state index in [0.717, 1.165) is 39.4 Å². The summed E-state index contributed by atoms with van der Waals surface area (Å²) in [5.41, 5.74) is 0.201. The van der Waals surface area contributed by atoms with Crippen molar-refractivity contribution in [2.75, 3.05) is 44.7 Å². The van der Waals surface area contributed by atoms with Gasteiger partial charge in [0.2, 0.25) is 0 Å². The number of halogens is 1. The van der Waals surface area contributed by atoms with Crippen molar-refractivity contribution in [3.8, 4) is 0 Å². The van der Waals surface area contributed by atoms with E-state index in [1.54, 1.807) is 0 Å². The SMILES string of the molecule is O=c1[nH]ncc(NCCN2CCOCC2)c1Cl. The summed E-state index contributed by atoms with van der Waals surface area (Å²) in [4.78, 5) is 13.5. The first-order valence-corrected chi connectivity index (χ1v) is 5.92. The van der Waals surface area contributed by atoms with Gasteiger partial charge in [0.05, 0.1) is 25.1 Å². The topological polar surface area (TPSA) is 70.2 Å². The van der Waals surface area contributed by atoms with E-state index in [0.29, 0.717) is 5.69 Å². The van der Waals surface area contributed by atoms with E-state index in [2.05, 4.69) is 20.4 Å². The maximum Gasteiger partial charge on any atom is 0.285 e. The first-order valence-electron chi connectivity index (χ1n) is 5.54. The lowest BCUT2D eigenvalue weighted by Gasteiger charge is -2.26. The van der Waals surface area contributed by atoms with E-state index >= 15 is 0 Å². The highest BCUT2D eigenvalue weighted by Crippen LogP contribution is 2.13. The highest BCUT2D eigenvalue weighted by molar-refractivity contribution is 6.32. The van der Waals surface area contributed by atoms with Crippen molar-refractivity contribution in [2.45, 2.75) is 0 Å². The quantitative estimate of drug-likeness (QED) is 0.806. The zero-order valence-corrected chi connectivity index (χ0v) is 10.2. The second-order valence-electron chi connectivity index (χ2n) is 3.81. The summed E-state index contributed by atoms with van der Waals surface area (Å²) in [5.74, 6) is 0. The molecule has 0 spiro atoms. The van der Waals surface area contributed by atoms with E-state index in [1.807, 2.05) is 0 Å². The average molecular weight is 259 g/mol. The van der Waals surface area contributed by atoms with Crippen LogP contribution in [0.15, 0.2) is 11.0 Å². The maximum absolute atomic E-state index is 11.2. The van der Waals surface area contributed by atoms with Gasteiger partial charge in [0.25, 0.3) is 5.56 Å². The number of aromatic nitrogens is 2. The van der Waals surface area contributed by atoms with Gasteiger partial charge in [-0.05, 0) is 0 Å². The fourth-order valence-electron chi connectivity index (χ4n) is 1.68. The highest BCUT2D eigenvalue weighted by atomic mass is 35.5.